The van der Waals surface area contributed by atoms with Crippen molar-refractivity contribution in [2.24, 2.45) is 7.05 Å². The highest BCUT2D eigenvalue weighted by molar-refractivity contribution is 5.26. The predicted octanol–water partition coefficient (Wildman–Crippen LogP) is 1.28. The number of aryl methyl sites for hydroxylation is 2. The molecule has 84 valence electrons. The highest BCUT2D eigenvalue weighted by Crippen LogP contribution is 2.12. The van der Waals surface area contributed by atoms with Gasteiger partial charge in [0, 0.05) is 7.05 Å². The van der Waals surface area contributed by atoms with E-state index < -0.39 is 0 Å². The molecule has 2 N–H and O–H groups in total. The van der Waals surface area contributed by atoms with Crippen molar-refractivity contribution >= 4 is 5.95 Å². The van der Waals surface area contributed by atoms with Crippen LogP contribution in [0.25, 0.3) is 0 Å². The first kappa shape index (κ1) is 10.5. The summed E-state index contributed by atoms with van der Waals surface area (Å²) in [6, 6.07) is 7.83. The molecule has 5 heteroatoms. The van der Waals surface area contributed by atoms with E-state index in [1.54, 1.807) is 7.05 Å². The monoisotopic (exact) mass is 218 g/mol. The van der Waals surface area contributed by atoms with Crippen molar-refractivity contribution in [3.8, 4) is 5.75 Å². The second-order valence-corrected chi connectivity index (χ2v) is 3.61. The molecule has 0 atom stereocenters. The molecule has 5 nitrogen and oxygen atoms in total. The number of ether oxygens (including phenoxy) is 1. The lowest BCUT2D eigenvalue weighted by molar-refractivity contribution is 0.295. The Morgan fingerprint density at radius 1 is 1.31 bits per heavy atom. The summed E-state index contributed by atoms with van der Waals surface area (Å²) in [6.07, 6.45) is 0. The van der Waals surface area contributed by atoms with Gasteiger partial charge in [-0.15, -0.1) is 0 Å². The van der Waals surface area contributed by atoms with Crippen molar-refractivity contribution in [1.82, 2.24) is 14.8 Å². The quantitative estimate of drug-likeness (QED) is 0.842. The fourth-order valence-corrected chi connectivity index (χ4v) is 1.29. The molecule has 1 aromatic heterocycles. The van der Waals surface area contributed by atoms with Gasteiger partial charge < -0.3 is 10.5 Å². The van der Waals surface area contributed by atoms with E-state index in [0.717, 1.165) is 5.75 Å². The van der Waals surface area contributed by atoms with Crippen LogP contribution in [0, 0.1) is 6.92 Å². The zero-order valence-corrected chi connectivity index (χ0v) is 9.34. The van der Waals surface area contributed by atoms with Crippen LogP contribution in [0.3, 0.4) is 0 Å². The third-order valence-corrected chi connectivity index (χ3v) is 2.23. The molecule has 0 amide bonds. The average Bonchev–Trinajstić information content (AvgIpc) is 2.58. The Morgan fingerprint density at radius 3 is 2.56 bits per heavy atom. The van der Waals surface area contributed by atoms with Crippen LogP contribution in [-0.2, 0) is 13.7 Å². The van der Waals surface area contributed by atoms with Gasteiger partial charge >= 0.3 is 0 Å². The Balaban J connectivity index is 1.99. The maximum atomic E-state index is 5.56. The average molecular weight is 218 g/mol. The molecule has 0 aliphatic carbocycles. The summed E-state index contributed by atoms with van der Waals surface area (Å²) < 4.78 is 7.04. The number of benzene rings is 1. The number of aromatic nitrogens is 3. The van der Waals surface area contributed by atoms with Gasteiger partial charge in [-0.3, -0.25) is 0 Å². The zero-order chi connectivity index (χ0) is 11.5. The summed E-state index contributed by atoms with van der Waals surface area (Å²) in [7, 11) is 1.75. The molecule has 1 heterocycles. The van der Waals surface area contributed by atoms with Crippen LogP contribution in [0.4, 0.5) is 5.95 Å². The number of nitrogens with two attached hydrogens (primary N) is 1. The third kappa shape index (κ3) is 2.31. The van der Waals surface area contributed by atoms with Gasteiger partial charge in [0.05, 0.1) is 0 Å². The molecule has 16 heavy (non-hydrogen) atoms. The van der Waals surface area contributed by atoms with Gasteiger partial charge in [0.15, 0.2) is 5.82 Å². The topological polar surface area (TPSA) is 66.0 Å². The number of nitrogen functional groups attached to an aromatic ring is 1. The molecule has 2 aromatic rings. The van der Waals surface area contributed by atoms with Crippen molar-refractivity contribution in [1.29, 1.82) is 0 Å². The second kappa shape index (κ2) is 4.22. The van der Waals surface area contributed by atoms with E-state index in [-0.39, 0.29) is 0 Å². The molecule has 2 rings (SSSR count). The molecular weight excluding hydrogens is 204 g/mol. The lowest BCUT2D eigenvalue weighted by Gasteiger charge is -2.03. The van der Waals surface area contributed by atoms with E-state index in [1.807, 2.05) is 31.2 Å². The smallest absolute Gasteiger partial charge is 0.218 e. The Morgan fingerprint density at radius 2 is 2.00 bits per heavy atom. The van der Waals surface area contributed by atoms with Crippen molar-refractivity contribution in [3.63, 3.8) is 0 Å². The van der Waals surface area contributed by atoms with Gasteiger partial charge in [0.1, 0.15) is 12.4 Å². The minimum atomic E-state index is 0.327. The summed E-state index contributed by atoms with van der Waals surface area (Å²) in [4.78, 5) is 4.05. The van der Waals surface area contributed by atoms with Gasteiger partial charge in [-0.25, -0.2) is 4.68 Å². The Hall–Kier alpha value is -2.04. The fourth-order valence-electron chi connectivity index (χ4n) is 1.29. The van der Waals surface area contributed by atoms with Crippen molar-refractivity contribution in [3.05, 3.63) is 35.7 Å². The Kier molecular flexibility index (Phi) is 2.76. The summed E-state index contributed by atoms with van der Waals surface area (Å²) in [6.45, 7) is 2.36. The number of rotatable bonds is 3. The highest BCUT2D eigenvalue weighted by atomic mass is 16.5. The summed E-state index contributed by atoms with van der Waals surface area (Å²) in [5.74, 6) is 1.78. The maximum absolute atomic E-state index is 5.56. The van der Waals surface area contributed by atoms with Crippen molar-refractivity contribution in [2.45, 2.75) is 13.5 Å². The molecule has 0 aliphatic rings. The van der Waals surface area contributed by atoms with E-state index in [1.165, 1.54) is 10.2 Å². The van der Waals surface area contributed by atoms with Gasteiger partial charge in [-0.1, -0.05) is 17.7 Å². The lowest BCUT2D eigenvalue weighted by Crippen LogP contribution is -1.99. The van der Waals surface area contributed by atoms with Crippen LogP contribution >= 0.6 is 0 Å². The van der Waals surface area contributed by atoms with Crippen LogP contribution < -0.4 is 10.5 Å². The Labute approximate surface area is 93.9 Å². The lowest BCUT2D eigenvalue weighted by atomic mass is 10.2. The first-order chi connectivity index (χ1) is 7.65. The first-order valence-corrected chi connectivity index (χ1v) is 5.00. The molecule has 0 spiro atoms. The first-order valence-electron chi connectivity index (χ1n) is 5.00. The van der Waals surface area contributed by atoms with Crippen LogP contribution in [0.2, 0.25) is 0 Å². The molecule has 1 aromatic carbocycles. The minimum absolute atomic E-state index is 0.327. The van der Waals surface area contributed by atoms with Crippen LogP contribution in [0.5, 0.6) is 5.75 Å². The number of hydrogen-bond donors (Lipinski definition) is 1. The zero-order valence-electron chi connectivity index (χ0n) is 9.34. The third-order valence-electron chi connectivity index (χ3n) is 2.23. The van der Waals surface area contributed by atoms with Crippen LogP contribution in [0.15, 0.2) is 24.3 Å². The number of nitrogens with zero attached hydrogens (tertiary/aromatic N) is 3. The largest absolute Gasteiger partial charge is 0.486 e. The number of hydrogen-bond acceptors (Lipinski definition) is 4. The van der Waals surface area contributed by atoms with Crippen molar-refractivity contribution < 1.29 is 4.74 Å². The molecule has 0 aliphatic heterocycles. The van der Waals surface area contributed by atoms with Gasteiger partial charge in [-0.2, -0.15) is 10.1 Å². The molecule has 0 unspecified atom stereocenters. The highest BCUT2D eigenvalue weighted by Gasteiger charge is 2.04. The predicted molar refractivity (Wildman–Crippen MR) is 60.9 cm³/mol. The molecular formula is C11H14N4O. The summed E-state index contributed by atoms with van der Waals surface area (Å²) >= 11 is 0. The Bertz CT molecular complexity index is 456. The molecule has 0 fully saturated rings. The summed E-state index contributed by atoms with van der Waals surface area (Å²) in [5, 5.41) is 4.10. The van der Waals surface area contributed by atoms with E-state index >= 15 is 0 Å². The fraction of sp³-hybridized carbons (Fsp3) is 0.273. The second-order valence-electron chi connectivity index (χ2n) is 3.61. The van der Waals surface area contributed by atoms with E-state index in [9.17, 15) is 0 Å². The SMILES string of the molecule is Cc1ccc(OCc2nc(N)n(C)n2)cc1. The number of anilines is 1. The molecule has 0 bridgehead atoms. The maximum Gasteiger partial charge on any atom is 0.218 e. The normalized spacial score (nSPS) is 10.4. The van der Waals surface area contributed by atoms with Gasteiger partial charge in [0.25, 0.3) is 0 Å². The van der Waals surface area contributed by atoms with Crippen molar-refractivity contribution in [2.75, 3.05) is 5.73 Å². The minimum Gasteiger partial charge on any atom is -0.486 e. The molecule has 0 saturated carbocycles. The van der Waals surface area contributed by atoms with Gasteiger partial charge in [-0.05, 0) is 19.1 Å². The van der Waals surface area contributed by atoms with Crippen LogP contribution in [0.1, 0.15) is 11.4 Å². The molecule has 0 saturated heterocycles. The summed E-state index contributed by atoms with van der Waals surface area (Å²) in [5.41, 5.74) is 6.76. The van der Waals surface area contributed by atoms with Gasteiger partial charge in [0.2, 0.25) is 5.95 Å². The standard InChI is InChI=1S/C11H14N4O/c1-8-3-5-9(6-4-8)16-7-10-13-11(12)15(2)14-10/h3-6H,7H2,1-2H3,(H2,12,13,14). The van der Waals surface area contributed by atoms with E-state index in [0.29, 0.717) is 18.4 Å². The molecule has 0 radical (unpaired) electrons. The van der Waals surface area contributed by atoms with E-state index in [2.05, 4.69) is 10.1 Å². The van der Waals surface area contributed by atoms with Crippen LogP contribution in [-0.4, -0.2) is 14.8 Å². The van der Waals surface area contributed by atoms with E-state index in [4.69, 9.17) is 10.5 Å².